The Bertz CT molecular complexity index is 1000. The molecule has 1 heterocycles. The molecular weight excluding hydrogens is 388 g/mol. The number of phenolic OH excluding ortho intramolecular Hbond substituents is 1. The van der Waals surface area contributed by atoms with Gasteiger partial charge in [-0.05, 0) is 81.3 Å². The number of aromatic hydroxyl groups is 1. The van der Waals surface area contributed by atoms with Crippen molar-refractivity contribution in [3.8, 4) is 17.6 Å². The van der Waals surface area contributed by atoms with E-state index in [1.807, 2.05) is 58.0 Å². The molecule has 0 aliphatic carbocycles. The van der Waals surface area contributed by atoms with Crippen LogP contribution in [0.4, 0.5) is 10.5 Å². The van der Waals surface area contributed by atoms with Gasteiger partial charge < -0.3 is 19.6 Å². The summed E-state index contributed by atoms with van der Waals surface area (Å²) >= 11 is 0. The SMILES string of the molecule is Cc1ccc(/C=C/C#Cc2ccc(N3CCN(C(=O)OC(C)(C)C)CC3)cc2)cc1O. The Morgan fingerprint density at radius 2 is 1.74 bits per heavy atom. The number of carbonyl (C=O) groups is 1. The first-order chi connectivity index (χ1) is 14.7. The highest BCUT2D eigenvalue weighted by Crippen LogP contribution is 2.19. The smallest absolute Gasteiger partial charge is 0.410 e. The van der Waals surface area contributed by atoms with Crippen LogP contribution < -0.4 is 4.90 Å². The number of amides is 1. The molecule has 0 spiro atoms. The third-order valence-corrected chi connectivity index (χ3v) is 4.97. The Morgan fingerprint density at radius 3 is 2.35 bits per heavy atom. The fourth-order valence-electron chi connectivity index (χ4n) is 3.22. The average Bonchev–Trinajstić information content (AvgIpc) is 2.73. The predicted molar refractivity (Wildman–Crippen MR) is 125 cm³/mol. The molecule has 31 heavy (non-hydrogen) atoms. The maximum absolute atomic E-state index is 12.2. The Labute approximate surface area is 184 Å². The van der Waals surface area contributed by atoms with Crippen LogP contribution in [-0.4, -0.2) is 47.9 Å². The van der Waals surface area contributed by atoms with Gasteiger partial charge in [0.25, 0.3) is 0 Å². The topological polar surface area (TPSA) is 53.0 Å². The number of aryl methyl sites for hydroxylation is 1. The Hall–Kier alpha value is -3.39. The van der Waals surface area contributed by atoms with E-state index in [9.17, 15) is 9.90 Å². The van der Waals surface area contributed by atoms with Crippen LogP contribution in [0.1, 0.15) is 37.5 Å². The van der Waals surface area contributed by atoms with E-state index in [2.05, 4.69) is 28.9 Å². The molecule has 0 atom stereocenters. The maximum Gasteiger partial charge on any atom is 0.410 e. The summed E-state index contributed by atoms with van der Waals surface area (Å²) in [6.45, 7) is 10.4. The molecule has 2 aromatic carbocycles. The van der Waals surface area contributed by atoms with Gasteiger partial charge in [0, 0.05) is 37.4 Å². The van der Waals surface area contributed by atoms with Crippen molar-refractivity contribution in [2.75, 3.05) is 31.1 Å². The first kappa shape index (κ1) is 22.3. The minimum Gasteiger partial charge on any atom is -0.508 e. The van der Waals surface area contributed by atoms with Crippen LogP contribution in [0.3, 0.4) is 0 Å². The van der Waals surface area contributed by atoms with E-state index >= 15 is 0 Å². The molecule has 3 rings (SSSR count). The number of hydrogen-bond donors (Lipinski definition) is 1. The fourth-order valence-corrected chi connectivity index (χ4v) is 3.22. The number of benzene rings is 2. The van der Waals surface area contributed by atoms with Gasteiger partial charge in [-0.3, -0.25) is 0 Å². The number of ether oxygens (including phenoxy) is 1. The quantitative estimate of drug-likeness (QED) is 0.711. The zero-order valence-electron chi connectivity index (χ0n) is 18.7. The highest BCUT2D eigenvalue weighted by Gasteiger charge is 2.25. The van der Waals surface area contributed by atoms with Crippen LogP contribution in [0, 0.1) is 18.8 Å². The van der Waals surface area contributed by atoms with Gasteiger partial charge >= 0.3 is 6.09 Å². The number of carbonyl (C=O) groups excluding carboxylic acids is 1. The van der Waals surface area contributed by atoms with Gasteiger partial charge in [0.2, 0.25) is 0 Å². The Balaban J connectivity index is 1.53. The molecule has 0 unspecified atom stereocenters. The number of allylic oxidation sites excluding steroid dienone is 1. The van der Waals surface area contributed by atoms with Crippen LogP contribution >= 0.6 is 0 Å². The third kappa shape index (κ3) is 6.55. The van der Waals surface area contributed by atoms with Crippen LogP contribution in [0.15, 0.2) is 48.5 Å². The molecule has 1 aliphatic heterocycles. The van der Waals surface area contributed by atoms with Crippen LogP contribution in [-0.2, 0) is 4.74 Å². The summed E-state index contributed by atoms with van der Waals surface area (Å²) in [5, 5.41) is 9.76. The molecule has 2 aromatic rings. The summed E-state index contributed by atoms with van der Waals surface area (Å²) < 4.78 is 5.46. The molecule has 0 saturated carbocycles. The van der Waals surface area contributed by atoms with Gasteiger partial charge in [0.1, 0.15) is 11.4 Å². The first-order valence-electron chi connectivity index (χ1n) is 10.5. The lowest BCUT2D eigenvalue weighted by Crippen LogP contribution is -2.50. The molecule has 0 bridgehead atoms. The second kappa shape index (κ2) is 9.61. The minimum atomic E-state index is -0.470. The lowest BCUT2D eigenvalue weighted by Gasteiger charge is -2.36. The summed E-state index contributed by atoms with van der Waals surface area (Å²) in [6, 6.07) is 13.7. The van der Waals surface area contributed by atoms with E-state index in [4.69, 9.17) is 4.74 Å². The predicted octanol–water partition coefficient (Wildman–Crippen LogP) is 4.82. The van der Waals surface area contributed by atoms with Crippen molar-refractivity contribution in [1.29, 1.82) is 0 Å². The molecule has 1 saturated heterocycles. The summed E-state index contributed by atoms with van der Waals surface area (Å²) in [6.07, 6.45) is 3.42. The van der Waals surface area contributed by atoms with Crippen molar-refractivity contribution in [2.24, 2.45) is 0 Å². The van der Waals surface area contributed by atoms with Crippen LogP contribution in [0.5, 0.6) is 5.75 Å². The summed E-state index contributed by atoms with van der Waals surface area (Å²) in [5.74, 6) is 6.45. The van der Waals surface area contributed by atoms with E-state index in [1.165, 1.54) is 0 Å². The maximum atomic E-state index is 12.2. The number of anilines is 1. The van der Waals surface area contributed by atoms with Crippen molar-refractivity contribution in [3.63, 3.8) is 0 Å². The lowest BCUT2D eigenvalue weighted by molar-refractivity contribution is 0.0240. The fraction of sp³-hybridized carbons (Fsp3) is 0.346. The van der Waals surface area contributed by atoms with Crippen molar-refractivity contribution >= 4 is 17.9 Å². The standard InChI is InChI=1S/C26H30N2O3/c1-20-9-10-22(19-24(20)29)8-6-5-7-21-11-13-23(14-12-21)27-15-17-28(18-16-27)25(30)31-26(2,3)4/h6,8-14,19,29H,15-18H2,1-4H3/b8-6+. The third-order valence-electron chi connectivity index (χ3n) is 4.97. The average molecular weight is 419 g/mol. The van der Waals surface area contributed by atoms with Gasteiger partial charge in [-0.15, -0.1) is 0 Å². The van der Waals surface area contributed by atoms with Crippen LogP contribution in [0.2, 0.25) is 0 Å². The first-order valence-corrected chi connectivity index (χ1v) is 10.5. The number of piperazine rings is 1. The van der Waals surface area contributed by atoms with E-state index in [-0.39, 0.29) is 11.8 Å². The van der Waals surface area contributed by atoms with Crippen molar-refractivity contribution < 1.29 is 14.6 Å². The largest absolute Gasteiger partial charge is 0.508 e. The zero-order valence-corrected chi connectivity index (χ0v) is 18.7. The Kier molecular flexibility index (Phi) is 6.91. The van der Waals surface area contributed by atoms with Gasteiger partial charge in [0.05, 0.1) is 0 Å². The molecule has 5 heteroatoms. The minimum absolute atomic E-state index is 0.244. The van der Waals surface area contributed by atoms with Gasteiger partial charge in [-0.1, -0.05) is 24.0 Å². The van der Waals surface area contributed by atoms with Gasteiger partial charge in [-0.25, -0.2) is 4.79 Å². The van der Waals surface area contributed by atoms with Crippen molar-refractivity contribution in [2.45, 2.75) is 33.3 Å². The molecule has 1 N–H and O–H groups in total. The molecule has 0 aromatic heterocycles. The molecule has 1 amide bonds. The highest BCUT2D eigenvalue weighted by molar-refractivity contribution is 5.68. The number of nitrogens with zero attached hydrogens (tertiary/aromatic N) is 2. The molecule has 162 valence electrons. The van der Waals surface area contributed by atoms with Crippen molar-refractivity contribution in [3.05, 3.63) is 65.2 Å². The van der Waals surface area contributed by atoms with E-state index in [0.717, 1.165) is 35.5 Å². The highest BCUT2D eigenvalue weighted by atomic mass is 16.6. The van der Waals surface area contributed by atoms with Gasteiger partial charge in [0.15, 0.2) is 0 Å². The van der Waals surface area contributed by atoms with E-state index < -0.39 is 5.60 Å². The van der Waals surface area contributed by atoms with E-state index in [1.54, 1.807) is 17.0 Å². The number of phenols is 1. The molecule has 1 fully saturated rings. The summed E-state index contributed by atoms with van der Waals surface area (Å²) in [5.41, 5.74) is 3.36. The Morgan fingerprint density at radius 1 is 1.06 bits per heavy atom. The molecule has 0 radical (unpaired) electrons. The summed E-state index contributed by atoms with van der Waals surface area (Å²) in [7, 11) is 0. The number of rotatable bonds is 2. The zero-order chi connectivity index (χ0) is 22.4. The second-order valence-electron chi connectivity index (χ2n) is 8.65. The summed E-state index contributed by atoms with van der Waals surface area (Å²) in [4.78, 5) is 16.2. The van der Waals surface area contributed by atoms with Gasteiger partial charge in [-0.2, -0.15) is 0 Å². The van der Waals surface area contributed by atoms with Crippen LogP contribution in [0.25, 0.3) is 6.08 Å². The van der Waals surface area contributed by atoms with Crippen molar-refractivity contribution in [1.82, 2.24) is 4.90 Å². The monoisotopic (exact) mass is 418 g/mol. The lowest BCUT2D eigenvalue weighted by atomic mass is 10.1. The molecule has 5 nitrogen and oxygen atoms in total. The molecule has 1 aliphatic rings. The van der Waals surface area contributed by atoms with E-state index in [0.29, 0.717) is 13.1 Å². The second-order valence-corrected chi connectivity index (χ2v) is 8.65. The normalized spacial score (nSPS) is 14.3. The molecular formula is C26H30N2O3. The number of hydrogen-bond acceptors (Lipinski definition) is 4.